The number of benzene rings is 1. The van der Waals surface area contributed by atoms with Crippen LogP contribution in [0.4, 0.5) is 0 Å². The summed E-state index contributed by atoms with van der Waals surface area (Å²) in [5.74, 6) is -1.42. The van der Waals surface area contributed by atoms with Gasteiger partial charge in [0.1, 0.15) is 6.29 Å². The molecule has 16 heavy (non-hydrogen) atoms. The minimum atomic E-state index is -0.861. The molecule has 0 aliphatic carbocycles. The van der Waals surface area contributed by atoms with Gasteiger partial charge in [-0.3, -0.25) is 4.79 Å². The van der Waals surface area contributed by atoms with Crippen LogP contribution in [0.1, 0.15) is 35.2 Å². The molecule has 0 aromatic heterocycles. The maximum atomic E-state index is 11.1. The molecule has 0 amide bonds. The lowest BCUT2D eigenvalue weighted by molar-refractivity contribution is -0.138. The number of carbonyl (C=O) groups excluding carboxylic acids is 1. The van der Waals surface area contributed by atoms with Crippen molar-refractivity contribution in [2.75, 3.05) is 0 Å². The highest BCUT2D eigenvalue weighted by Gasteiger charge is 2.22. The van der Waals surface area contributed by atoms with Crippen molar-refractivity contribution in [2.45, 2.75) is 24.1 Å². The maximum absolute atomic E-state index is 11.1. The minimum Gasteiger partial charge on any atom is -0.481 e. The van der Waals surface area contributed by atoms with Crippen LogP contribution in [0.2, 0.25) is 0 Å². The second-order valence-corrected chi connectivity index (χ2v) is 4.45. The number of halogens is 1. The van der Waals surface area contributed by atoms with Crippen LogP contribution in [0.25, 0.3) is 0 Å². The Morgan fingerprint density at radius 2 is 2.00 bits per heavy atom. The van der Waals surface area contributed by atoms with E-state index < -0.39 is 16.7 Å². The molecule has 0 saturated heterocycles. The standard InChI is InChI=1S/C12H13BrO3/c1-2-8(12(15)16)9-5-3-4-6-10(9)11(13)7-14/h3-8,11H,2H2,1H3,(H,15,16). The molecule has 4 heteroatoms. The molecule has 1 N–H and O–H groups in total. The maximum Gasteiger partial charge on any atom is 0.310 e. The van der Waals surface area contributed by atoms with Crippen molar-refractivity contribution >= 4 is 28.2 Å². The number of carboxylic acids is 1. The number of carboxylic acid groups (broad SMARTS) is 1. The van der Waals surface area contributed by atoms with Gasteiger partial charge in [-0.05, 0) is 17.5 Å². The predicted molar refractivity (Wildman–Crippen MR) is 64.8 cm³/mol. The SMILES string of the molecule is CCC(C(=O)O)c1ccccc1C(Br)C=O. The zero-order valence-corrected chi connectivity index (χ0v) is 10.5. The third kappa shape index (κ3) is 2.70. The topological polar surface area (TPSA) is 54.4 Å². The van der Waals surface area contributed by atoms with Crippen LogP contribution in [0.15, 0.2) is 24.3 Å². The van der Waals surface area contributed by atoms with E-state index in [1.54, 1.807) is 24.3 Å². The quantitative estimate of drug-likeness (QED) is 0.668. The molecule has 0 spiro atoms. The molecule has 0 saturated carbocycles. The fourth-order valence-corrected chi connectivity index (χ4v) is 2.10. The van der Waals surface area contributed by atoms with E-state index in [9.17, 15) is 9.59 Å². The average Bonchev–Trinajstić information content (AvgIpc) is 2.29. The summed E-state index contributed by atoms with van der Waals surface area (Å²) >= 11 is 3.22. The Balaban J connectivity index is 3.20. The van der Waals surface area contributed by atoms with E-state index >= 15 is 0 Å². The Labute approximate surface area is 103 Å². The molecule has 2 unspecified atom stereocenters. The Hall–Kier alpha value is -1.16. The summed E-state index contributed by atoms with van der Waals surface area (Å²) in [7, 11) is 0. The number of alkyl halides is 1. The molecule has 0 aliphatic heterocycles. The number of rotatable bonds is 5. The van der Waals surface area contributed by atoms with Gasteiger partial charge in [0, 0.05) is 0 Å². The van der Waals surface area contributed by atoms with Crippen molar-refractivity contribution in [2.24, 2.45) is 0 Å². The first-order valence-corrected chi connectivity index (χ1v) is 5.94. The fraction of sp³-hybridized carbons (Fsp3) is 0.333. The van der Waals surface area contributed by atoms with Crippen molar-refractivity contribution in [1.29, 1.82) is 0 Å². The van der Waals surface area contributed by atoms with Gasteiger partial charge in [-0.1, -0.05) is 47.1 Å². The lowest BCUT2D eigenvalue weighted by Crippen LogP contribution is -2.13. The van der Waals surface area contributed by atoms with Crippen molar-refractivity contribution < 1.29 is 14.7 Å². The zero-order valence-electron chi connectivity index (χ0n) is 8.89. The molecule has 86 valence electrons. The molecule has 0 fully saturated rings. The number of aliphatic carboxylic acids is 1. The molecule has 0 aliphatic rings. The molecule has 1 aromatic rings. The molecule has 0 heterocycles. The van der Waals surface area contributed by atoms with Crippen LogP contribution in [0.5, 0.6) is 0 Å². The molecule has 0 radical (unpaired) electrons. The monoisotopic (exact) mass is 284 g/mol. The van der Waals surface area contributed by atoms with Gasteiger partial charge in [0.15, 0.2) is 0 Å². The highest BCUT2D eigenvalue weighted by Crippen LogP contribution is 2.30. The number of hydrogen-bond donors (Lipinski definition) is 1. The second kappa shape index (κ2) is 5.80. The molecule has 1 rings (SSSR count). The van der Waals surface area contributed by atoms with E-state index in [2.05, 4.69) is 15.9 Å². The Kier molecular flexibility index (Phi) is 4.68. The third-order valence-electron chi connectivity index (χ3n) is 2.49. The summed E-state index contributed by atoms with van der Waals surface area (Å²) in [6.45, 7) is 1.82. The molecular formula is C12H13BrO3. The van der Waals surface area contributed by atoms with E-state index in [1.165, 1.54) is 0 Å². The number of carbonyl (C=O) groups is 2. The molecular weight excluding hydrogens is 272 g/mol. The summed E-state index contributed by atoms with van der Waals surface area (Å²) in [4.78, 5) is 21.4. The van der Waals surface area contributed by atoms with Gasteiger partial charge < -0.3 is 9.90 Å². The van der Waals surface area contributed by atoms with Crippen LogP contribution in [0.3, 0.4) is 0 Å². The molecule has 0 bridgehead atoms. The van der Waals surface area contributed by atoms with Gasteiger partial charge in [-0.2, -0.15) is 0 Å². The number of aldehydes is 1. The van der Waals surface area contributed by atoms with Gasteiger partial charge in [0.05, 0.1) is 10.7 Å². The second-order valence-electron chi connectivity index (χ2n) is 3.47. The first-order valence-electron chi connectivity index (χ1n) is 5.02. The fourth-order valence-electron chi connectivity index (χ4n) is 1.68. The van der Waals surface area contributed by atoms with E-state index in [-0.39, 0.29) is 0 Å². The summed E-state index contributed by atoms with van der Waals surface area (Å²) in [6, 6.07) is 7.12. The smallest absolute Gasteiger partial charge is 0.310 e. The average molecular weight is 285 g/mol. The van der Waals surface area contributed by atoms with Gasteiger partial charge in [-0.15, -0.1) is 0 Å². The van der Waals surface area contributed by atoms with Crippen LogP contribution >= 0.6 is 15.9 Å². The molecule has 1 aromatic carbocycles. The van der Waals surface area contributed by atoms with Crippen molar-refractivity contribution in [3.8, 4) is 0 Å². The largest absolute Gasteiger partial charge is 0.481 e. The van der Waals surface area contributed by atoms with Crippen molar-refractivity contribution in [1.82, 2.24) is 0 Å². The Morgan fingerprint density at radius 1 is 1.44 bits per heavy atom. The first-order chi connectivity index (χ1) is 7.61. The highest BCUT2D eigenvalue weighted by atomic mass is 79.9. The van der Waals surface area contributed by atoms with Crippen molar-refractivity contribution in [3.63, 3.8) is 0 Å². The predicted octanol–water partition coefficient (Wildman–Crippen LogP) is 2.90. The third-order valence-corrected chi connectivity index (χ3v) is 3.20. The van der Waals surface area contributed by atoms with Gasteiger partial charge >= 0.3 is 5.97 Å². The zero-order chi connectivity index (χ0) is 12.1. The summed E-state index contributed by atoms with van der Waals surface area (Å²) in [5, 5.41) is 9.10. The van der Waals surface area contributed by atoms with Crippen LogP contribution in [-0.4, -0.2) is 17.4 Å². The molecule has 2 atom stereocenters. The van der Waals surface area contributed by atoms with Crippen molar-refractivity contribution in [3.05, 3.63) is 35.4 Å². The Morgan fingerprint density at radius 3 is 2.44 bits per heavy atom. The van der Waals surface area contributed by atoms with Crippen LogP contribution < -0.4 is 0 Å². The number of hydrogen-bond acceptors (Lipinski definition) is 2. The van der Waals surface area contributed by atoms with Crippen LogP contribution in [0, 0.1) is 0 Å². The van der Waals surface area contributed by atoms with E-state index in [1.807, 2.05) is 6.92 Å². The molecule has 3 nitrogen and oxygen atoms in total. The lowest BCUT2D eigenvalue weighted by Gasteiger charge is -2.16. The van der Waals surface area contributed by atoms with Gasteiger partial charge in [-0.25, -0.2) is 0 Å². The minimum absolute atomic E-state index is 0.447. The normalized spacial score (nSPS) is 14.1. The van der Waals surface area contributed by atoms with E-state index in [4.69, 9.17) is 5.11 Å². The summed E-state index contributed by atoms with van der Waals surface area (Å²) in [6.07, 6.45) is 1.26. The first kappa shape index (κ1) is 12.9. The summed E-state index contributed by atoms with van der Waals surface area (Å²) < 4.78 is 0. The van der Waals surface area contributed by atoms with E-state index in [0.717, 1.165) is 11.8 Å². The lowest BCUT2D eigenvalue weighted by atomic mass is 9.91. The Bertz CT molecular complexity index is 390. The van der Waals surface area contributed by atoms with Gasteiger partial charge in [0.25, 0.3) is 0 Å². The van der Waals surface area contributed by atoms with Crippen LogP contribution in [-0.2, 0) is 9.59 Å². The summed E-state index contributed by atoms with van der Waals surface area (Å²) in [5.41, 5.74) is 1.43. The van der Waals surface area contributed by atoms with Gasteiger partial charge in [0.2, 0.25) is 0 Å². The van der Waals surface area contributed by atoms with E-state index in [0.29, 0.717) is 12.0 Å². The highest BCUT2D eigenvalue weighted by molar-refractivity contribution is 9.09.